The molecular formula is C24H15ClN4O5. The predicted octanol–water partition coefficient (Wildman–Crippen LogP) is 5.26. The van der Waals surface area contributed by atoms with Crippen LogP contribution in [0.15, 0.2) is 81.0 Å². The van der Waals surface area contributed by atoms with E-state index < -0.39 is 10.5 Å². The number of aromatic nitrogens is 2. The van der Waals surface area contributed by atoms with Crippen molar-refractivity contribution >= 4 is 45.4 Å². The number of nitro benzene ring substituents is 1. The van der Waals surface area contributed by atoms with Crippen molar-refractivity contribution in [1.29, 1.82) is 0 Å². The Hall–Kier alpha value is -4.50. The number of fused-ring (bicyclic) bond motifs is 2. The van der Waals surface area contributed by atoms with Gasteiger partial charge in [0.25, 0.3) is 11.2 Å². The van der Waals surface area contributed by atoms with Crippen molar-refractivity contribution in [1.82, 2.24) is 9.66 Å². The molecule has 0 saturated carbocycles. The second kappa shape index (κ2) is 8.45. The Morgan fingerprint density at radius 1 is 1.12 bits per heavy atom. The van der Waals surface area contributed by atoms with Gasteiger partial charge in [0.05, 0.1) is 39.6 Å². The summed E-state index contributed by atoms with van der Waals surface area (Å²) in [5, 5.41) is 16.5. The normalized spacial score (nSPS) is 11.5. The number of hydrogen-bond donors (Lipinski definition) is 0. The van der Waals surface area contributed by atoms with E-state index in [9.17, 15) is 14.9 Å². The maximum atomic E-state index is 13.3. The van der Waals surface area contributed by atoms with E-state index in [1.807, 2.05) is 0 Å². The first kappa shape index (κ1) is 21.4. The fourth-order valence-electron chi connectivity index (χ4n) is 3.57. The van der Waals surface area contributed by atoms with E-state index in [4.69, 9.17) is 20.8 Å². The first-order valence-electron chi connectivity index (χ1n) is 10.0. The number of methoxy groups -OCH3 is 1. The molecule has 0 unspecified atom stereocenters. The summed E-state index contributed by atoms with van der Waals surface area (Å²) in [5.74, 6) is 1.11. The van der Waals surface area contributed by atoms with Gasteiger partial charge in [-0.05, 0) is 36.4 Å². The van der Waals surface area contributed by atoms with Crippen LogP contribution in [0.25, 0.3) is 33.5 Å². The summed E-state index contributed by atoms with van der Waals surface area (Å²) in [6.07, 6.45) is 1.34. The van der Waals surface area contributed by atoms with E-state index >= 15 is 0 Å². The number of ether oxygens (including phenoxy) is 1. The quantitative estimate of drug-likeness (QED) is 0.195. The number of hydrogen-bond acceptors (Lipinski definition) is 7. The molecule has 2 aromatic heterocycles. The summed E-state index contributed by atoms with van der Waals surface area (Å²) in [6.45, 7) is 0. The number of benzene rings is 3. The van der Waals surface area contributed by atoms with Crippen molar-refractivity contribution in [2.24, 2.45) is 5.10 Å². The smallest absolute Gasteiger partial charge is 0.282 e. The average molecular weight is 475 g/mol. The van der Waals surface area contributed by atoms with Gasteiger partial charge in [0.1, 0.15) is 11.3 Å². The molecule has 2 heterocycles. The van der Waals surface area contributed by atoms with Gasteiger partial charge in [-0.2, -0.15) is 9.78 Å². The largest absolute Gasteiger partial charge is 0.496 e. The molecule has 0 aliphatic carbocycles. The molecule has 3 aromatic carbocycles. The van der Waals surface area contributed by atoms with Crippen molar-refractivity contribution in [3.8, 4) is 17.3 Å². The van der Waals surface area contributed by atoms with Gasteiger partial charge in [-0.1, -0.05) is 29.8 Å². The van der Waals surface area contributed by atoms with Crippen LogP contribution in [0.4, 0.5) is 5.69 Å². The monoisotopic (exact) mass is 474 g/mol. The molecule has 9 nitrogen and oxygen atoms in total. The van der Waals surface area contributed by atoms with E-state index in [-0.39, 0.29) is 16.5 Å². The molecule has 0 atom stereocenters. The maximum absolute atomic E-state index is 13.3. The predicted molar refractivity (Wildman–Crippen MR) is 129 cm³/mol. The molecular weight excluding hydrogens is 460 g/mol. The summed E-state index contributed by atoms with van der Waals surface area (Å²) in [5.41, 5.74) is 0.871. The molecule has 5 aromatic rings. The van der Waals surface area contributed by atoms with E-state index in [0.717, 1.165) is 10.1 Å². The highest BCUT2D eigenvalue weighted by atomic mass is 35.5. The van der Waals surface area contributed by atoms with Crippen LogP contribution in [0.2, 0.25) is 5.02 Å². The number of rotatable bonds is 5. The topological polar surface area (TPSA) is 113 Å². The van der Waals surface area contributed by atoms with Gasteiger partial charge < -0.3 is 9.15 Å². The lowest BCUT2D eigenvalue weighted by atomic mass is 10.2. The van der Waals surface area contributed by atoms with Gasteiger partial charge in [-0.3, -0.25) is 14.9 Å². The summed E-state index contributed by atoms with van der Waals surface area (Å²) < 4.78 is 12.5. The Morgan fingerprint density at radius 3 is 2.71 bits per heavy atom. The van der Waals surface area contributed by atoms with E-state index in [2.05, 4.69) is 10.1 Å². The lowest BCUT2D eigenvalue weighted by Crippen LogP contribution is -2.20. The third-order valence-electron chi connectivity index (χ3n) is 5.22. The van der Waals surface area contributed by atoms with Crippen molar-refractivity contribution in [3.63, 3.8) is 0 Å². The molecule has 0 spiro atoms. The molecule has 0 saturated heterocycles. The minimum absolute atomic E-state index is 0.120. The molecule has 0 amide bonds. The Bertz CT molecular complexity index is 1670. The molecule has 0 aliphatic rings. The Kier molecular flexibility index (Phi) is 5.31. The van der Waals surface area contributed by atoms with Crippen LogP contribution >= 0.6 is 11.6 Å². The van der Waals surface area contributed by atoms with Gasteiger partial charge in [0.15, 0.2) is 5.76 Å². The second-order valence-electron chi connectivity index (χ2n) is 7.26. The molecule has 0 N–H and O–H groups in total. The number of non-ortho nitro benzene ring substituents is 1. The molecule has 10 heteroatoms. The third kappa shape index (κ3) is 3.67. The van der Waals surface area contributed by atoms with Gasteiger partial charge in [0.2, 0.25) is 5.82 Å². The number of furan rings is 1. The first-order chi connectivity index (χ1) is 16.5. The minimum atomic E-state index is -0.543. The zero-order valence-corrected chi connectivity index (χ0v) is 18.4. The third-order valence-corrected chi connectivity index (χ3v) is 5.55. The summed E-state index contributed by atoms with van der Waals surface area (Å²) >= 11 is 6.19. The number of halogens is 1. The van der Waals surface area contributed by atoms with Crippen molar-refractivity contribution < 1.29 is 14.1 Å². The first-order valence-corrected chi connectivity index (χ1v) is 10.4. The lowest BCUT2D eigenvalue weighted by molar-refractivity contribution is -0.384. The van der Waals surface area contributed by atoms with Crippen LogP contribution < -0.4 is 10.3 Å². The van der Waals surface area contributed by atoms with E-state index in [1.54, 1.807) is 55.6 Å². The Morgan fingerprint density at radius 2 is 1.94 bits per heavy atom. The highest BCUT2D eigenvalue weighted by molar-refractivity contribution is 6.33. The van der Waals surface area contributed by atoms with Crippen LogP contribution in [0.3, 0.4) is 0 Å². The Labute approximate surface area is 196 Å². The van der Waals surface area contributed by atoms with Crippen LogP contribution in [0.1, 0.15) is 5.56 Å². The summed E-state index contributed by atoms with van der Waals surface area (Å²) in [4.78, 5) is 28.4. The molecule has 0 fully saturated rings. The fraction of sp³-hybridized carbons (Fsp3) is 0.0417. The van der Waals surface area contributed by atoms with Crippen LogP contribution in [-0.4, -0.2) is 27.9 Å². The second-order valence-corrected chi connectivity index (χ2v) is 7.67. The summed E-state index contributed by atoms with van der Waals surface area (Å²) in [7, 11) is 1.56. The number of para-hydroxylation sites is 1. The SMILES string of the molecule is COc1cccc2oc(-c3nc4ccccc4c(=O)n3N=Cc3ccc([N+](=O)[O-])cc3Cl)cc12. The maximum Gasteiger partial charge on any atom is 0.282 e. The lowest BCUT2D eigenvalue weighted by Gasteiger charge is -2.07. The van der Waals surface area contributed by atoms with Gasteiger partial charge in [-0.15, -0.1) is 0 Å². The van der Waals surface area contributed by atoms with Crippen molar-refractivity contribution in [3.05, 3.63) is 97.8 Å². The molecule has 0 radical (unpaired) electrons. The molecule has 5 rings (SSSR count). The zero-order chi connectivity index (χ0) is 23.8. The number of nitrogens with zero attached hydrogens (tertiary/aromatic N) is 4. The van der Waals surface area contributed by atoms with Gasteiger partial charge >= 0.3 is 0 Å². The summed E-state index contributed by atoms with van der Waals surface area (Å²) in [6, 6.07) is 18.0. The van der Waals surface area contributed by atoms with E-state index in [0.29, 0.717) is 33.6 Å². The minimum Gasteiger partial charge on any atom is -0.496 e. The molecule has 168 valence electrons. The van der Waals surface area contributed by atoms with Crippen molar-refractivity contribution in [2.45, 2.75) is 0 Å². The zero-order valence-electron chi connectivity index (χ0n) is 17.6. The Balaban J connectivity index is 1.71. The standard InChI is InChI=1S/C24H15ClN4O5/c1-33-20-7-4-8-21-17(20)12-22(34-21)23-27-19-6-3-2-5-16(19)24(30)28(23)26-13-14-9-10-15(29(31)32)11-18(14)25/h2-13H,1H3. The fourth-order valence-corrected chi connectivity index (χ4v) is 3.79. The van der Waals surface area contributed by atoms with Gasteiger partial charge in [0, 0.05) is 17.7 Å². The number of nitro groups is 1. The van der Waals surface area contributed by atoms with E-state index in [1.165, 1.54) is 24.4 Å². The van der Waals surface area contributed by atoms with Gasteiger partial charge in [-0.25, -0.2) is 4.98 Å². The highest BCUT2D eigenvalue weighted by Gasteiger charge is 2.18. The van der Waals surface area contributed by atoms with Crippen molar-refractivity contribution in [2.75, 3.05) is 7.11 Å². The average Bonchev–Trinajstić information content (AvgIpc) is 3.28. The van der Waals surface area contributed by atoms with Crippen LogP contribution in [0.5, 0.6) is 5.75 Å². The highest BCUT2D eigenvalue weighted by Crippen LogP contribution is 2.33. The molecule has 0 bridgehead atoms. The molecule has 34 heavy (non-hydrogen) atoms. The molecule has 0 aliphatic heterocycles. The van der Waals surface area contributed by atoms with Crippen LogP contribution in [0, 0.1) is 10.1 Å². The van der Waals surface area contributed by atoms with Crippen LogP contribution in [-0.2, 0) is 0 Å².